The van der Waals surface area contributed by atoms with Crippen LogP contribution in [0.15, 0.2) is 0 Å². The molecule has 0 bridgehead atoms. The van der Waals surface area contributed by atoms with Crippen molar-refractivity contribution in [1.29, 1.82) is 0 Å². The Kier molecular flexibility index (Phi) is 19.5. The summed E-state index contributed by atoms with van der Waals surface area (Å²) in [4.78, 5) is 46.6. The van der Waals surface area contributed by atoms with Crippen LogP contribution in [0.2, 0.25) is 0 Å². The highest BCUT2D eigenvalue weighted by molar-refractivity contribution is 7.91. The fraction of sp³-hybridized carbons (Fsp3) is 0.909. The van der Waals surface area contributed by atoms with E-state index in [1.165, 1.54) is 111 Å². The lowest BCUT2D eigenvalue weighted by Gasteiger charge is -2.13. The molecule has 0 atom stereocenters. The number of Topliss-reactive ketones (excluding diaryl/α,β-unsaturated/α-hetero) is 1. The van der Waals surface area contributed by atoms with E-state index in [-0.39, 0.29) is 45.1 Å². The van der Waals surface area contributed by atoms with Gasteiger partial charge in [0.25, 0.3) is 0 Å². The lowest BCUT2D eigenvalue weighted by atomic mass is 9.94. The molecule has 0 heterocycles. The van der Waals surface area contributed by atoms with Crippen molar-refractivity contribution in [3.8, 4) is 0 Å². The molecule has 0 amide bonds. The molecule has 0 aliphatic heterocycles. The van der Waals surface area contributed by atoms with Gasteiger partial charge < -0.3 is 14.6 Å². The molecule has 0 aromatic carbocycles. The SMILES string of the molecule is COC(=O)C1(CCCCCCCCCCCCC2(C(=O)CS(C)(=O)=O)CC2)CC1.COC(=O)C1(CCCCCCCCCCCCC2(C(=O)O)CC2)CC1. The number of aliphatic carboxylic acids is 1. The van der Waals surface area contributed by atoms with Crippen molar-refractivity contribution in [1.82, 2.24) is 0 Å². The van der Waals surface area contributed by atoms with Crippen molar-refractivity contribution in [2.75, 3.05) is 26.2 Å². The van der Waals surface area contributed by atoms with Gasteiger partial charge in [0.1, 0.15) is 5.75 Å². The number of esters is 2. The number of hydrogen-bond acceptors (Lipinski definition) is 8. The maximum atomic E-state index is 12.2. The van der Waals surface area contributed by atoms with E-state index in [9.17, 15) is 27.6 Å². The minimum Gasteiger partial charge on any atom is -0.481 e. The van der Waals surface area contributed by atoms with Crippen LogP contribution in [0.4, 0.5) is 0 Å². The van der Waals surface area contributed by atoms with Gasteiger partial charge in [0.2, 0.25) is 0 Å². The minimum absolute atomic E-state index is 0.00320. The number of ketones is 1. The third-order valence-electron chi connectivity index (χ3n) is 13.2. The Labute approximate surface area is 328 Å². The molecule has 4 fully saturated rings. The Balaban J connectivity index is 0.000000294. The molecule has 1 N–H and O–H groups in total. The van der Waals surface area contributed by atoms with Crippen LogP contribution in [-0.4, -0.2) is 63.4 Å². The Hall–Kier alpha value is -1.97. The van der Waals surface area contributed by atoms with E-state index >= 15 is 0 Å². The molecule has 312 valence electrons. The van der Waals surface area contributed by atoms with Crippen molar-refractivity contribution >= 4 is 33.5 Å². The van der Waals surface area contributed by atoms with Crippen LogP contribution in [0.3, 0.4) is 0 Å². The smallest absolute Gasteiger partial charge is 0.311 e. The summed E-state index contributed by atoms with van der Waals surface area (Å²) in [6.07, 6.45) is 36.9. The van der Waals surface area contributed by atoms with Gasteiger partial charge in [-0.25, -0.2) is 8.42 Å². The Bertz CT molecular complexity index is 1270. The summed E-state index contributed by atoms with van der Waals surface area (Å²) in [7, 11) is -0.211. The molecule has 4 aliphatic carbocycles. The second-order valence-corrected chi connectivity index (χ2v) is 20.1. The first-order chi connectivity index (χ1) is 25.8. The number of unbranched alkanes of at least 4 members (excludes halogenated alkanes) is 18. The van der Waals surface area contributed by atoms with Gasteiger partial charge >= 0.3 is 17.9 Å². The second kappa shape index (κ2) is 22.7. The molecule has 54 heavy (non-hydrogen) atoms. The summed E-state index contributed by atoms with van der Waals surface area (Å²) < 4.78 is 32.4. The molecule has 4 rings (SSSR count). The number of carboxylic acid groups (broad SMARTS) is 1. The number of carbonyl (C=O) groups excluding carboxylic acids is 3. The van der Waals surface area contributed by atoms with Gasteiger partial charge in [-0.1, -0.05) is 128 Å². The third-order valence-corrected chi connectivity index (χ3v) is 14.0. The molecule has 0 saturated heterocycles. The molecule has 4 aliphatic rings. The van der Waals surface area contributed by atoms with Gasteiger partial charge in [-0.15, -0.1) is 0 Å². The highest BCUT2D eigenvalue weighted by Crippen LogP contribution is 2.53. The summed E-state index contributed by atoms with van der Waals surface area (Å²) in [5.41, 5.74) is -0.847. The largest absolute Gasteiger partial charge is 0.481 e. The molecule has 0 aromatic rings. The van der Waals surface area contributed by atoms with Crippen molar-refractivity contribution in [3.63, 3.8) is 0 Å². The molecule has 0 unspecified atom stereocenters. The standard InChI is InChI=1S/C23H40O5S.C21H36O4/c1-28-21(25)23(17-18-23)14-12-10-8-6-4-3-5-7-9-11-13-22(15-16-22)20(24)19-29(2,26)27;1-25-19(24)21(16-17-21)13-11-9-7-5-3-2-4-6-8-10-12-20(14-15-20)18(22)23/h3-19H2,1-2H3;2-17H2,1H3,(H,22,23). The zero-order chi connectivity index (χ0) is 39.6. The molecule has 4 saturated carbocycles. The number of methoxy groups -OCH3 is 2. The maximum Gasteiger partial charge on any atom is 0.311 e. The lowest BCUT2D eigenvalue weighted by Crippen LogP contribution is -2.24. The lowest BCUT2D eigenvalue weighted by molar-refractivity contribution is -0.148. The molecular weight excluding hydrogens is 705 g/mol. The van der Waals surface area contributed by atoms with Gasteiger partial charge in [-0.3, -0.25) is 19.2 Å². The van der Waals surface area contributed by atoms with Crippen LogP contribution in [0.1, 0.15) is 205 Å². The van der Waals surface area contributed by atoms with Gasteiger partial charge in [0, 0.05) is 11.7 Å². The number of sulfone groups is 1. The van der Waals surface area contributed by atoms with Crippen molar-refractivity contribution in [3.05, 3.63) is 0 Å². The predicted molar refractivity (Wildman–Crippen MR) is 214 cm³/mol. The quantitative estimate of drug-likeness (QED) is 0.0521. The van der Waals surface area contributed by atoms with Gasteiger partial charge in [0.15, 0.2) is 15.6 Å². The highest BCUT2D eigenvalue weighted by atomic mass is 32.2. The van der Waals surface area contributed by atoms with E-state index < -0.39 is 15.8 Å². The van der Waals surface area contributed by atoms with Crippen molar-refractivity contribution in [2.24, 2.45) is 21.7 Å². The average molecular weight is 781 g/mol. The molecule has 10 heteroatoms. The Morgan fingerprint density at radius 3 is 0.907 bits per heavy atom. The number of rotatable bonds is 32. The number of carboxylic acids is 1. The Morgan fingerprint density at radius 2 is 0.685 bits per heavy atom. The van der Waals surface area contributed by atoms with Gasteiger partial charge in [-0.05, 0) is 77.0 Å². The van der Waals surface area contributed by atoms with E-state index in [0.29, 0.717) is 0 Å². The van der Waals surface area contributed by atoms with Gasteiger partial charge in [-0.2, -0.15) is 0 Å². The van der Waals surface area contributed by atoms with Crippen LogP contribution in [0, 0.1) is 21.7 Å². The van der Waals surface area contributed by atoms with Crippen LogP contribution in [-0.2, 0) is 38.5 Å². The molecular formula is C44H76O9S. The van der Waals surface area contributed by atoms with Crippen LogP contribution in [0.5, 0.6) is 0 Å². The summed E-state index contributed by atoms with van der Waals surface area (Å²) in [5.74, 6) is -0.921. The minimum atomic E-state index is -3.20. The van der Waals surface area contributed by atoms with Gasteiger partial charge in [0.05, 0.1) is 30.5 Å². The fourth-order valence-electron chi connectivity index (χ4n) is 8.46. The van der Waals surface area contributed by atoms with Crippen LogP contribution in [0.25, 0.3) is 0 Å². The summed E-state index contributed by atoms with van der Waals surface area (Å²) in [5, 5.41) is 9.13. The van der Waals surface area contributed by atoms with E-state index in [4.69, 9.17) is 14.6 Å². The zero-order valence-electron chi connectivity index (χ0n) is 34.5. The van der Waals surface area contributed by atoms with Crippen LogP contribution < -0.4 is 0 Å². The van der Waals surface area contributed by atoms with E-state index in [2.05, 4.69) is 0 Å². The zero-order valence-corrected chi connectivity index (χ0v) is 35.3. The first-order valence-electron chi connectivity index (χ1n) is 21.9. The summed E-state index contributed by atoms with van der Waals surface area (Å²) >= 11 is 0. The number of hydrogen-bond donors (Lipinski definition) is 1. The van der Waals surface area contributed by atoms with Crippen molar-refractivity contribution < 1.29 is 42.2 Å². The monoisotopic (exact) mass is 781 g/mol. The fourth-order valence-corrected chi connectivity index (χ4v) is 9.24. The van der Waals surface area contributed by atoms with E-state index in [1.807, 2.05) is 0 Å². The predicted octanol–water partition coefficient (Wildman–Crippen LogP) is 10.5. The van der Waals surface area contributed by atoms with Crippen LogP contribution >= 0.6 is 0 Å². The Morgan fingerprint density at radius 1 is 0.444 bits per heavy atom. The average Bonchev–Trinajstić information content (AvgIpc) is 3.93. The second-order valence-electron chi connectivity index (χ2n) is 18.0. The number of carbonyl (C=O) groups is 4. The molecule has 9 nitrogen and oxygen atoms in total. The topological polar surface area (TPSA) is 141 Å². The maximum absolute atomic E-state index is 12.2. The first kappa shape index (κ1) is 46.4. The molecule has 0 radical (unpaired) electrons. The molecule has 0 spiro atoms. The van der Waals surface area contributed by atoms with E-state index in [0.717, 1.165) is 115 Å². The summed E-state index contributed by atoms with van der Waals surface area (Å²) in [6.45, 7) is 0. The molecule has 0 aromatic heterocycles. The highest BCUT2D eigenvalue weighted by Gasteiger charge is 2.51. The third kappa shape index (κ3) is 16.6. The van der Waals surface area contributed by atoms with E-state index in [1.54, 1.807) is 0 Å². The first-order valence-corrected chi connectivity index (χ1v) is 24.0. The summed E-state index contributed by atoms with van der Waals surface area (Å²) in [6, 6.07) is 0. The number of ether oxygens (including phenoxy) is 2. The normalized spacial score (nSPS) is 19.2. The van der Waals surface area contributed by atoms with Crippen molar-refractivity contribution in [2.45, 2.75) is 205 Å².